The van der Waals surface area contributed by atoms with Crippen molar-refractivity contribution >= 4 is 47.2 Å². The van der Waals surface area contributed by atoms with Gasteiger partial charge in [-0.05, 0) is 11.4 Å². The summed E-state index contributed by atoms with van der Waals surface area (Å²) < 4.78 is 0. The number of rotatable bonds is 5. The molecule has 1 aromatic rings. The van der Waals surface area contributed by atoms with E-state index in [0.717, 1.165) is 9.78 Å². The van der Waals surface area contributed by atoms with Crippen LogP contribution in [0.15, 0.2) is 28.8 Å². The molecule has 7 nitrogen and oxygen atoms in total. The Morgan fingerprint density at radius 2 is 2.26 bits per heavy atom. The standard InChI is InChI=1S/C14H12N2O5S2/c17-5-7-6-23-13-10(12(19)16(13)11(7)14(20)21)15-9(18)4-8-2-1-3-22-8/h1-3,5,10,13H,4,6H2,(H,15,18)(H,20,21)/t10?,13-/m1/s1. The molecular formula is C14H12N2O5S2. The summed E-state index contributed by atoms with van der Waals surface area (Å²) in [6.07, 6.45) is 0.642. The molecule has 1 aromatic heterocycles. The van der Waals surface area contributed by atoms with Crippen molar-refractivity contribution in [2.75, 3.05) is 5.75 Å². The Bertz CT molecular complexity index is 713. The number of β-lactam (4-membered cyclic amide) rings is 1. The van der Waals surface area contributed by atoms with Crippen molar-refractivity contribution in [2.45, 2.75) is 17.8 Å². The van der Waals surface area contributed by atoms with E-state index in [-0.39, 0.29) is 29.4 Å². The molecule has 0 radical (unpaired) electrons. The molecular weight excluding hydrogens is 340 g/mol. The zero-order valence-electron chi connectivity index (χ0n) is 11.7. The number of hydrogen-bond donors (Lipinski definition) is 2. The van der Waals surface area contributed by atoms with Crippen LogP contribution in [0.5, 0.6) is 0 Å². The molecule has 9 heteroatoms. The molecule has 2 aliphatic rings. The average molecular weight is 352 g/mol. The first-order chi connectivity index (χ1) is 11.0. The maximum atomic E-state index is 12.2. The lowest BCUT2D eigenvalue weighted by Gasteiger charge is -2.49. The van der Waals surface area contributed by atoms with Crippen LogP contribution < -0.4 is 5.32 Å². The third kappa shape index (κ3) is 2.77. The SMILES string of the molecule is O=CC1=C(C(=O)O)N2C(=O)C(NC(=O)Cc3cccs3)[C@H]2SC1. The predicted octanol–water partition coefficient (Wildman–Crippen LogP) is 0.228. The molecule has 120 valence electrons. The lowest BCUT2D eigenvalue weighted by atomic mass is 10.0. The molecule has 1 saturated heterocycles. The van der Waals surface area contributed by atoms with Crippen molar-refractivity contribution in [1.82, 2.24) is 10.2 Å². The highest BCUT2D eigenvalue weighted by Gasteiger charge is 2.54. The van der Waals surface area contributed by atoms with Gasteiger partial charge in [0.2, 0.25) is 5.91 Å². The molecule has 1 unspecified atom stereocenters. The van der Waals surface area contributed by atoms with Crippen molar-refractivity contribution in [3.05, 3.63) is 33.7 Å². The molecule has 0 saturated carbocycles. The summed E-state index contributed by atoms with van der Waals surface area (Å²) in [5.41, 5.74) is -0.201. The summed E-state index contributed by atoms with van der Waals surface area (Å²) in [7, 11) is 0. The minimum Gasteiger partial charge on any atom is -0.477 e. The van der Waals surface area contributed by atoms with Crippen LogP contribution in [0.3, 0.4) is 0 Å². The first kappa shape index (κ1) is 15.8. The normalized spacial score (nSPS) is 23.1. The van der Waals surface area contributed by atoms with E-state index in [9.17, 15) is 24.3 Å². The van der Waals surface area contributed by atoms with E-state index in [2.05, 4.69) is 5.32 Å². The molecule has 2 atom stereocenters. The van der Waals surface area contributed by atoms with Gasteiger partial charge in [0.1, 0.15) is 23.4 Å². The number of aldehydes is 1. The van der Waals surface area contributed by atoms with Gasteiger partial charge in [-0.2, -0.15) is 0 Å². The first-order valence-electron chi connectivity index (χ1n) is 6.71. The van der Waals surface area contributed by atoms with Gasteiger partial charge in [0.25, 0.3) is 5.91 Å². The van der Waals surface area contributed by atoms with Crippen molar-refractivity contribution in [2.24, 2.45) is 0 Å². The van der Waals surface area contributed by atoms with Gasteiger partial charge in [0.05, 0.1) is 6.42 Å². The second-order valence-corrected chi connectivity index (χ2v) is 7.15. The Balaban J connectivity index is 1.71. The first-order valence-corrected chi connectivity index (χ1v) is 8.64. The number of carbonyl (C=O) groups is 4. The number of nitrogens with one attached hydrogen (secondary N) is 1. The third-order valence-electron chi connectivity index (χ3n) is 3.57. The Morgan fingerprint density at radius 3 is 2.87 bits per heavy atom. The molecule has 0 aliphatic carbocycles. The fourth-order valence-electron chi connectivity index (χ4n) is 2.53. The van der Waals surface area contributed by atoms with E-state index in [0.29, 0.717) is 6.29 Å². The number of amides is 2. The lowest BCUT2D eigenvalue weighted by Crippen LogP contribution is -2.70. The molecule has 3 rings (SSSR count). The number of carboxylic acid groups (broad SMARTS) is 1. The Labute approximate surface area is 139 Å². The summed E-state index contributed by atoms with van der Waals surface area (Å²) in [6, 6.07) is 2.91. The molecule has 0 bridgehead atoms. The van der Waals surface area contributed by atoms with Gasteiger partial charge < -0.3 is 10.4 Å². The van der Waals surface area contributed by atoms with Gasteiger partial charge in [-0.25, -0.2) is 4.79 Å². The van der Waals surface area contributed by atoms with Crippen molar-refractivity contribution < 1.29 is 24.3 Å². The van der Waals surface area contributed by atoms with Crippen LogP contribution >= 0.6 is 23.1 Å². The second-order valence-electron chi connectivity index (χ2n) is 5.01. The van der Waals surface area contributed by atoms with E-state index in [1.54, 1.807) is 0 Å². The average Bonchev–Trinajstić information content (AvgIpc) is 3.03. The zero-order chi connectivity index (χ0) is 16.6. The van der Waals surface area contributed by atoms with Gasteiger partial charge in [0, 0.05) is 16.2 Å². The van der Waals surface area contributed by atoms with E-state index < -0.39 is 23.3 Å². The number of nitrogens with zero attached hydrogens (tertiary/aromatic N) is 1. The molecule has 2 N–H and O–H groups in total. The van der Waals surface area contributed by atoms with E-state index in [1.165, 1.54) is 23.1 Å². The molecule has 3 heterocycles. The minimum atomic E-state index is -1.31. The fraction of sp³-hybridized carbons (Fsp3) is 0.286. The van der Waals surface area contributed by atoms with Gasteiger partial charge >= 0.3 is 5.97 Å². The zero-order valence-corrected chi connectivity index (χ0v) is 13.4. The van der Waals surface area contributed by atoms with Crippen LogP contribution in [0, 0.1) is 0 Å². The summed E-state index contributed by atoms with van der Waals surface area (Å²) in [6.45, 7) is 0. The maximum absolute atomic E-state index is 12.2. The highest BCUT2D eigenvalue weighted by molar-refractivity contribution is 8.00. The number of carboxylic acids is 1. The smallest absolute Gasteiger partial charge is 0.353 e. The molecule has 2 amide bonds. The third-order valence-corrected chi connectivity index (χ3v) is 5.75. The highest BCUT2D eigenvalue weighted by atomic mass is 32.2. The van der Waals surface area contributed by atoms with Crippen LogP contribution in [0.25, 0.3) is 0 Å². The van der Waals surface area contributed by atoms with Crippen LogP contribution in [-0.2, 0) is 25.6 Å². The Morgan fingerprint density at radius 1 is 1.48 bits per heavy atom. The summed E-state index contributed by atoms with van der Waals surface area (Å²) in [5, 5.41) is 13.2. The number of thiophene rings is 1. The number of aliphatic carboxylic acids is 1. The molecule has 23 heavy (non-hydrogen) atoms. The fourth-order valence-corrected chi connectivity index (χ4v) is 4.52. The number of fused-ring (bicyclic) bond motifs is 1. The van der Waals surface area contributed by atoms with Crippen molar-refractivity contribution in [1.29, 1.82) is 0 Å². The van der Waals surface area contributed by atoms with E-state index >= 15 is 0 Å². The number of carbonyl (C=O) groups excluding carboxylic acids is 3. The van der Waals surface area contributed by atoms with Crippen LogP contribution in [0.2, 0.25) is 0 Å². The topological polar surface area (TPSA) is 104 Å². The number of thioether (sulfide) groups is 1. The van der Waals surface area contributed by atoms with Gasteiger partial charge in [-0.3, -0.25) is 19.3 Å². The van der Waals surface area contributed by atoms with Gasteiger partial charge in [0.15, 0.2) is 0 Å². The summed E-state index contributed by atoms with van der Waals surface area (Å²) in [5.74, 6) is -1.89. The van der Waals surface area contributed by atoms with Gasteiger partial charge in [-0.1, -0.05) is 6.07 Å². The summed E-state index contributed by atoms with van der Waals surface area (Å²) in [4.78, 5) is 48.4. The van der Waals surface area contributed by atoms with E-state index in [4.69, 9.17) is 0 Å². The molecule has 1 fully saturated rings. The number of hydrogen-bond acceptors (Lipinski definition) is 6. The van der Waals surface area contributed by atoms with E-state index in [1.807, 2.05) is 17.5 Å². The van der Waals surface area contributed by atoms with Crippen LogP contribution in [0.1, 0.15) is 4.88 Å². The summed E-state index contributed by atoms with van der Waals surface area (Å²) >= 11 is 2.72. The van der Waals surface area contributed by atoms with Crippen molar-refractivity contribution in [3.63, 3.8) is 0 Å². The monoisotopic (exact) mass is 352 g/mol. The highest BCUT2D eigenvalue weighted by Crippen LogP contribution is 2.39. The predicted molar refractivity (Wildman–Crippen MR) is 83.8 cm³/mol. The maximum Gasteiger partial charge on any atom is 0.353 e. The lowest BCUT2D eigenvalue weighted by molar-refractivity contribution is -0.150. The van der Waals surface area contributed by atoms with Crippen LogP contribution in [0.4, 0.5) is 0 Å². The molecule has 2 aliphatic heterocycles. The Hall–Kier alpha value is -2.13. The minimum absolute atomic E-state index is 0.0791. The quantitative estimate of drug-likeness (QED) is 0.581. The molecule has 0 aromatic carbocycles. The van der Waals surface area contributed by atoms with Gasteiger partial charge in [-0.15, -0.1) is 23.1 Å². The largest absolute Gasteiger partial charge is 0.477 e. The van der Waals surface area contributed by atoms with Crippen LogP contribution in [-0.4, -0.2) is 51.2 Å². The Kier molecular flexibility index (Phi) is 4.22. The molecule has 0 spiro atoms. The second kappa shape index (κ2) is 6.17. The van der Waals surface area contributed by atoms with Crippen molar-refractivity contribution in [3.8, 4) is 0 Å².